The number of halogens is 1. The highest BCUT2D eigenvalue weighted by Crippen LogP contribution is 2.22. The summed E-state index contributed by atoms with van der Waals surface area (Å²) in [4.78, 5) is 0. The van der Waals surface area contributed by atoms with E-state index in [4.69, 9.17) is 9.84 Å². The highest BCUT2D eigenvalue weighted by Gasteiger charge is 2.04. The lowest BCUT2D eigenvalue weighted by molar-refractivity contribution is 0.291. The molecule has 1 aromatic heterocycles. The maximum Gasteiger partial charge on any atom is 0.123 e. The van der Waals surface area contributed by atoms with E-state index in [0.717, 1.165) is 36.3 Å². The van der Waals surface area contributed by atoms with Crippen molar-refractivity contribution in [3.8, 4) is 5.75 Å². The summed E-state index contributed by atoms with van der Waals surface area (Å²) in [5, 5.41) is 13.2. The minimum absolute atomic E-state index is 0.151. The summed E-state index contributed by atoms with van der Waals surface area (Å²) in [7, 11) is 0. The molecule has 0 spiro atoms. The van der Waals surface area contributed by atoms with Crippen LogP contribution in [0.2, 0.25) is 0 Å². The van der Waals surface area contributed by atoms with Crippen LogP contribution in [0.5, 0.6) is 5.75 Å². The molecule has 0 aliphatic heterocycles. The van der Waals surface area contributed by atoms with Gasteiger partial charge in [-0.25, -0.2) is 4.39 Å². The molecule has 132 valence electrons. The van der Waals surface area contributed by atoms with Crippen LogP contribution >= 0.6 is 0 Å². The number of nitrogens with one attached hydrogen (secondary N) is 1. The molecular weight excluding hydrogens is 319 g/mol. The molecule has 2 N–H and O–H groups in total. The van der Waals surface area contributed by atoms with Gasteiger partial charge in [-0.05, 0) is 41.3 Å². The summed E-state index contributed by atoms with van der Waals surface area (Å²) in [6.07, 6.45) is 2.80. The maximum atomic E-state index is 12.9. The van der Waals surface area contributed by atoms with Gasteiger partial charge in [-0.1, -0.05) is 12.1 Å². The van der Waals surface area contributed by atoms with Crippen LogP contribution in [0.3, 0.4) is 0 Å². The largest absolute Gasteiger partial charge is 0.493 e. The molecule has 5 heteroatoms. The van der Waals surface area contributed by atoms with Gasteiger partial charge in [-0.2, -0.15) is 0 Å². The summed E-state index contributed by atoms with van der Waals surface area (Å²) >= 11 is 0. The number of aromatic nitrogens is 1. The Morgan fingerprint density at radius 1 is 1.04 bits per heavy atom. The Hall–Kier alpha value is -2.37. The fraction of sp³-hybridized carbons (Fsp3) is 0.300. The lowest BCUT2D eigenvalue weighted by Crippen LogP contribution is -2.22. The highest BCUT2D eigenvalue weighted by molar-refractivity contribution is 5.81. The van der Waals surface area contributed by atoms with Crippen LogP contribution < -0.4 is 10.1 Å². The average molecular weight is 342 g/mol. The normalized spacial score (nSPS) is 11.1. The first kappa shape index (κ1) is 17.5. The van der Waals surface area contributed by atoms with Crippen molar-refractivity contribution in [1.82, 2.24) is 9.88 Å². The Kier molecular flexibility index (Phi) is 6.04. The number of ether oxygens (including phenoxy) is 1. The number of hydrogen-bond acceptors (Lipinski definition) is 3. The minimum Gasteiger partial charge on any atom is -0.493 e. The van der Waals surface area contributed by atoms with Crippen LogP contribution in [0.1, 0.15) is 5.56 Å². The predicted molar refractivity (Wildman–Crippen MR) is 97.5 cm³/mol. The summed E-state index contributed by atoms with van der Waals surface area (Å²) in [5.74, 6) is 0.613. The SMILES string of the molecule is OCCNCCn1ccc2ccc(OCCc3ccc(F)cc3)cc21. The number of rotatable bonds is 9. The van der Waals surface area contributed by atoms with Crippen molar-refractivity contribution in [2.75, 3.05) is 26.3 Å². The molecule has 25 heavy (non-hydrogen) atoms. The molecule has 0 atom stereocenters. The van der Waals surface area contributed by atoms with E-state index in [1.54, 1.807) is 12.1 Å². The molecule has 0 saturated carbocycles. The van der Waals surface area contributed by atoms with Crippen LogP contribution in [-0.2, 0) is 13.0 Å². The summed E-state index contributed by atoms with van der Waals surface area (Å²) in [6.45, 7) is 2.95. The monoisotopic (exact) mass is 342 g/mol. The molecule has 3 rings (SSSR count). The Morgan fingerprint density at radius 2 is 1.88 bits per heavy atom. The van der Waals surface area contributed by atoms with Crippen LogP contribution in [0.25, 0.3) is 10.9 Å². The van der Waals surface area contributed by atoms with Gasteiger partial charge < -0.3 is 19.7 Å². The first-order chi connectivity index (χ1) is 12.3. The minimum atomic E-state index is -0.218. The summed E-state index contributed by atoms with van der Waals surface area (Å²) in [6, 6.07) is 14.7. The highest BCUT2D eigenvalue weighted by atomic mass is 19.1. The van der Waals surface area contributed by atoms with Gasteiger partial charge in [0.2, 0.25) is 0 Å². The molecule has 3 aromatic rings. The number of aliphatic hydroxyl groups is 1. The Morgan fingerprint density at radius 3 is 2.68 bits per heavy atom. The standard InChI is InChI=1S/C20H23FN2O2/c21-18-4-1-16(2-5-18)8-14-25-19-6-3-17-7-11-23(20(17)15-19)12-9-22-10-13-24/h1-7,11,15,22,24H,8-10,12-14H2. The smallest absolute Gasteiger partial charge is 0.123 e. The van der Waals surface area contributed by atoms with Crippen molar-refractivity contribution in [3.05, 3.63) is 66.1 Å². The lowest BCUT2D eigenvalue weighted by atomic mass is 10.1. The van der Waals surface area contributed by atoms with E-state index in [1.807, 2.05) is 12.1 Å². The van der Waals surface area contributed by atoms with Gasteiger partial charge in [0.1, 0.15) is 11.6 Å². The third-order valence-corrected chi connectivity index (χ3v) is 4.14. The van der Waals surface area contributed by atoms with E-state index in [-0.39, 0.29) is 12.4 Å². The van der Waals surface area contributed by atoms with Gasteiger partial charge in [0.25, 0.3) is 0 Å². The summed E-state index contributed by atoms with van der Waals surface area (Å²) in [5.41, 5.74) is 2.19. The van der Waals surface area contributed by atoms with E-state index in [1.165, 1.54) is 17.5 Å². The van der Waals surface area contributed by atoms with Crippen molar-refractivity contribution in [3.63, 3.8) is 0 Å². The molecule has 0 aliphatic carbocycles. The molecule has 0 aliphatic rings. The zero-order valence-electron chi connectivity index (χ0n) is 14.1. The Balaban J connectivity index is 1.58. The second-order valence-corrected chi connectivity index (χ2v) is 5.93. The van der Waals surface area contributed by atoms with Gasteiger partial charge >= 0.3 is 0 Å². The van der Waals surface area contributed by atoms with Gasteiger partial charge in [-0.15, -0.1) is 0 Å². The number of fused-ring (bicyclic) bond motifs is 1. The van der Waals surface area contributed by atoms with E-state index in [0.29, 0.717) is 13.2 Å². The Bertz CT molecular complexity index is 799. The fourth-order valence-corrected chi connectivity index (χ4v) is 2.79. The fourth-order valence-electron chi connectivity index (χ4n) is 2.79. The third-order valence-electron chi connectivity index (χ3n) is 4.14. The molecule has 0 radical (unpaired) electrons. The van der Waals surface area contributed by atoms with Gasteiger partial charge in [0.15, 0.2) is 0 Å². The van der Waals surface area contributed by atoms with Gasteiger partial charge in [0.05, 0.1) is 18.7 Å². The summed E-state index contributed by atoms with van der Waals surface area (Å²) < 4.78 is 20.9. The molecule has 0 unspecified atom stereocenters. The van der Waals surface area contributed by atoms with Crippen molar-refractivity contribution in [2.24, 2.45) is 0 Å². The van der Waals surface area contributed by atoms with E-state index in [2.05, 4.69) is 28.2 Å². The number of nitrogens with zero attached hydrogens (tertiary/aromatic N) is 1. The molecule has 0 bridgehead atoms. The van der Waals surface area contributed by atoms with Gasteiger partial charge in [0, 0.05) is 38.3 Å². The van der Waals surface area contributed by atoms with Crippen LogP contribution in [0.4, 0.5) is 4.39 Å². The first-order valence-electron chi connectivity index (χ1n) is 8.54. The maximum absolute atomic E-state index is 12.9. The second-order valence-electron chi connectivity index (χ2n) is 5.93. The van der Waals surface area contributed by atoms with E-state index >= 15 is 0 Å². The molecule has 1 heterocycles. The quantitative estimate of drug-likeness (QED) is 0.588. The molecular formula is C20H23FN2O2. The van der Waals surface area contributed by atoms with E-state index < -0.39 is 0 Å². The van der Waals surface area contributed by atoms with Crippen LogP contribution in [0, 0.1) is 5.82 Å². The number of hydrogen-bond donors (Lipinski definition) is 2. The first-order valence-corrected chi connectivity index (χ1v) is 8.54. The van der Waals surface area contributed by atoms with Crippen molar-refractivity contribution < 1.29 is 14.2 Å². The molecule has 2 aromatic carbocycles. The molecule has 0 fully saturated rings. The molecule has 0 saturated heterocycles. The predicted octanol–water partition coefficient (Wildman–Crippen LogP) is 2.98. The zero-order valence-corrected chi connectivity index (χ0v) is 14.1. The van der Waals surface area contributed by atoms with Crippen LogP contribution in [-0.4, -0.2) is 36.0 Å². The lowest BCUT2D eigenvalue weighted by Gasteiger charge is -2.09. The average Bonchev–Trinajstić information content (AvgIpc) is 3.03. The molecule has 0 amide bonds. The van der Waals surface area contributed by atoms with Crippen molar-refractivity contribution in [1.29, 1.82) is 0 Å². The number of benzene rings is 2. The molecule has 4 nitrogen and oxygen atoms in total. The van der Waals surface area contributed by atoms with Crippen molar-refractivity contribution >= 4 is 10.9 Å². The third kappa shape index (κ3) is 4.81. The van der Waals surface area contributed by atoms with Crippen molar-refractivity contribution in [2.45, 2.75) is 13.0 Å². The van der Waals surface area contributed by atoms with E-state index in [9.17, 15) is 4.39 Å². The number of aliphatic hydroxyl groups excluding tert-OH is 1. The second kappa shape index (κ2) is 8.65. The Labute approximate surface area is 146 Å². The van der Waals surface area contributed by atoms with Gasteiger partial charge in [-0.3, -0.25) is 0 Å². The zero-order chi connectivity index (χ0) is 17.5. The topological polar surface area (TPSA) is 46.4 Å². The van der Waals surface area contributed by atoms with Crippen LogP contribution in [0.15, 0.2) is 54.7 Å².